The van der Waals surface area contributed by atoms with Crippen LogP contribution >= 0.6 is 0 Å². The molecule has 82 valence electrons. The summed E-state index contributed by atoms with van der Waals surface area (Å²) in [5, 5.41) is 4.20. The summed E-state index contributed by atoms with van der Waals surface area (Å²) in [6, 6.07) is 2.19. The molecule has 1 aliphatic rings. The standard InChI is InChI=1S/C10H16N4O/c1-8(15)13-5-2-9(3-6-13)14-7-4-10(11)12-14/h4,7,9H,2-3,5-6H2,1H3,(H2,11,12). The van der Waals surface area contributed by atoms with E-state index in [4.69, 9.17) is 5.73 Å². The van der Waals surface area contributed by atoms with Gasteiger partial charge in [-0.2, -0.15) is 5.10 Å². The summed E-state index contributed by atoms with van der Waals surface area (Å²) in [5.41, 5.74) is 5.56. The molecule has 0 atom stereocenters. The number of hydrogen-bond acceptors (Lipinski definition) is 3. The van der Waals surface area contributed by atoms with Gasteiger partial charge in [-0.25, -0.2) is 0 Å². The number of piperidine rings is 1. The van der Waals surface area contributed by atoms with Crippen LogP contribution in [0.1, 0.15) is 25.8 Å². The van der Waals surface area contributed by atoms with E-state index in [-0.39, 0.29) is 5.91 Å². The number of nitrogens with zero attached hydrogens (tertiary/aromatic N) is 3. The molecule has 0 saturated carbocycles. The molecule has 2 rings (SSSR count). The Labute approximate surface area is 88.8 Å². The second-order valence-electron chi connectivity index (χ2n) is 3.96. The molecule has 1 amide bonds. The summed E-state index contributed by atoms with van der Waals surface area (Å²) >= 11 is 0. The minimum Gasteiger partial charge on any atom is -0.382 e. The minimum atomic E-state index is 0.161. The zero-order chi connectivity index (χ0) is 10.8. The van der Waals surface area contributed by atoms with Gasteiger partial charge in [0, 0.05) is 26.2 Å². The number of likely N-dealkylation sites (tertiary alicyclic amines) is 1. The lowest BCUT2D eigenvalue weighted by molar-refractivity contribution is -0.130. The Hall–Kier alpha value is -1.52. The molecule has 5 nitrogen and oxygen atoms in total. The van der Waals surface area contributed by atoms with Crippen molar-refractivity contribution >= 4 is 11.7 Å². The normalized spacial score (nSPS) is 18.1. The number of rotatable bonds is 1. The van der Waals surface area contributed by atoms with Gasteiger partial charge in [-0.05, 0) is 18.9 Å². The number of nitrogens with two attached hydrogens (primary N) is 1. The minimum absolute atomic E-state index is 0.161. The van der Waals surface area contributed by atoms with Crippen LogP contribution in [-0.4, -0.2) is 33.7 Å². The van der Waals surface area contributed by atoms with Crippen molar-refractivity contribution in [2.24, 2.45) is 0 Å². The van der Waals surface area contributed by atoms with Crippen molar-refractivity contribution in [3.05, 3.63) is 12.3 Å². The van der Waals surface area contributed by atoms with Crippen LogP contribution in [-0.2, 0) is 4.79 Å². The van der Waals surface area contributed by atoms with Gasteiger partial charge in [0.25, 0.3) is 0 Å². The SMILES string of the molecule is CC(=O)N1CCC(n2ccc(N)n2)CC1. The maximum atomic E-state index is 11.1. The van der Waals surface area contributed by atoms with E-state index < -0.39 is 0 Å². The fourth-order valence-electron chi connectivity index (χ4n) is 2.00. The van der Waals surface area contributed by atoms with Crippen LogP contribution in [0.3, 0.4) is 0 Å². The molecule has 2 N–H and O–H groups in total. The van der Waals surface area contributed by atoms with E-state index >= 15 is 0 Å². The second kappa shape index (κ2) is 3.92. The van der Waals surface area contributed by atoms with Crippen LogP contribution in [0.25, 0.3) is 0 Å². The van der Waals surface area contributed by atoms with Crippen LogP contribution in [0.2, 0.25) is 0 Å². The molecule has 1 aromatic heterocycles. The van der Waals surface area contributed by atoms with Gasteiger partial charge in [-0.1, -0.05) is 0 Å². The van der Waals surface area contributed by atoms with Crippen molar-refractivity contribution < 1.29 is 4.79 Å². The van der Waals surface area contributed by atoms with E-state index in [1.54, 1.807) is 13.0 Å². The summed E-state index contributed by atoms with van der Waals surface area (Å²) in [6.07, 6.45) is 3.82. The van der Waals surface area contributed by atoms with Gasteiger partial charge in [0.1, 0.15) is 5.82 Å². The van der Waals surface area contributed by atoms with Crippen molar-refractivity contribution in [1.29, 1.82) is 0 Å². The molecule has 0 unspecified atom stereocenters. The lowest BCUT2D eigenvalue weighted by atomic mass is 10.1. The summed E-state index contributed by atoms with van der Waals surface area (Å²) < 4.78 is 1.91. The highest BCUT2D eigenvalue weighted by Gasteiger charge is 2.22. The van der Waals surface area contributed by atoms with Gasteiger partial charge < -0.3 is 10.6 Å². The molecule has 0 spiro atoms. The van der Waals surface area contributed by atoms with Crippen LogP contribution in [0.4, 0.5) is 5.82 Å². The summed E-state index contributed by atoms with van der Waals surface area (Å²) in [7, 11) is 0. The lowest BCUT2D eigenvalue weighted by Gasteiger charge is -2.31. The summed E-state index contributed by atoms with van der Waals surface area (Å²) in [6.45, 7) is 3.26. The second-order valence-corrected chi connectivity index (χ2v) is 3.96. The molecule has 1 saturated heterocycles. The third kappa shape index (κ3) is 2.11. The van der Waals surface area contributed by atoms with Crippen molar-refractivity contribution in [2.45, 2.75) is 25.8 Å². The number of carbonyl (C=O) groups is 1. The molecule has 1 fully saturated rings. The van der Waals surface area contributed by atoms with Gasteiger partial charge in [0.2, 0.25) is 5.91 Å². The molecule has 15 heavy (non-hydrogen) atoms. The first-order chi connectivity index (χ1) is 7.16. The number of amides is 1. The van der Waals surface area contributed by atoms with E-state index in [1.807, 2.05) is 15.8 Å². The molecular weight excluding hydrogens is 192 g/mol. The molecular formula is C10H16N4O. The predicted octanol–water partition coefficient (Wildman–Crippen LogP) is 0.649. The Balaban J connectivity index is 1.96. The Morgan fingerprint density at radius 2 is 2.20 bits per heavy atom. The average molecular weight is 208 g/mol. The largest absolute Gasteiger partial charge is 0.382 e. The Morgan fingerprint density at radius 1 is 1.53 bits per heavy atom. The van der Waals surface area contributed by atoms with Gasteiger partial charge in [-0.3, -0.25) is 9.48 Å². The Kier molecular flexibility index (Phi) is 2.62. The lowest BCUT2D eigenvalue weighted by Crippen LogP contribution is -2.37. The molecule has 0 aromatic carbocycles. The zero-order valence-corrected chi connectivity index (χ0v) is 8.89. The van der Waals surface area contributed by atoms with Crippen LogP contribution in [0.5, 0.6) is 0 Å². The summed E-state index contributed by atoms with van der Waals surface area (Å²) in [4.78, 5) is 13.0. The molecule has 2 heterocycles. The first kappa shape index (κ1) is 10.0. The fraction of sp³-hybridized carbons (Fsp3) is 0.600. The number of anilines is 1. The predicted molar refractivity (Wildman–Crippen MR) is 57.2 cm³/mol. The number of hydrogen-bond donors (Lipinski definition) is 1. The third-order valence-electron chi connectivity index (χ3n) is 2.91. The Bertz CT molecular complexity index is 352. The van der Waals surface area contributed by atoms with E-state index in [9.17, 15) is 4.79 Å². The molecule has 0 bridgehead atoms. The highest BCUT2D eigenvalue weighted by Crippen LogP contribution is 2.22. The number of aromatic nitrogens is 2. The molecule has 0 radical (unpaired) electrons. The quantitative estimate of drug-likeness (QED) is 0.737. The molecule has 5 heteroatoms. The maximum absolute atomic E-state index is 11.1. The smallest absolute Gasteiger partial charge is 0.219 e. The maximum Gasteiger partial charge on any atom is 0.219 e. The van der Waals surface area contributed by atoms with Gasteiger partial charge in [-0.15, -0.1) is 0 Å². The van der Waals surface area contributed by atoms with Crippen molar-refractivity contribution in [2.75, 3.05) is 18.8 Å². The van der Waals surface area contributed by atoms with Crippen LogP contribution in [0, 0.1) is 0 Å². The van der Waals surface area contributed by atoms with E-state index in [2.05, 4.69) is 5.10 Å². The van der Waals surface area contributed by atoms with Crippen LogP contribution < -0.4 is 5.73 Å². The number of nitrogen functional groups attached to an aromatic ring is 1. The monoisotopic (exact) mass is 208 g/mol. The summed E-state index contributed by atoms with van der Waals surface area (Å²) in [5.74, 6) is 0.720. The molecule has 1 aliphatic heterocycles. The van der Waals surface area contributed by atoms with E-state index in [0.29, 0.717) is 11.9 Å². The van der Waals surface area contributed by atoms with E-state index in [0.717, 1.165) is 25.9 Å². The van der Waals surface area contributed by atoms with Gasteiger partial charge in [0.15, 0.2) is 0 Å². The highest BCUT2D eigenvalue weighted by atomic mass is 16.2. The van der Waals surface area contributed by atoms with Crippen molar-refractivity contribution in [3.63, 3.8) is 0 Å². The van der Waals surface area contributed by atoms with Crippen LogP contribution in [0.15, 0.2) is 12.3 Å². The van der Waals surface area contributed by atoms with Crippen molar-refractivity contribution in [3.8, 4) is 0 Å². The Morgan fingerprint density at radius 3 is 2.67 bits per heavy atom. The van der Waals surface area contributed by atoms with E-state index in [1.165, 1.54) is 0 Å². The third-order valence-corrected chi connectivity index (χ3v) is 2.91. The van der Waals surface area contributed by atoms with Gasteiger partial charge in [0.05, 0.1) is 6.04 Å². The van der Waals surface area contributed by atoms with Gasteiger partial charge >= 0.3 is 0 Å². The average Bonchev–Trinajstić information content (AvgIpc) is 2.65. The topological polar surface area (TPSA) is 64.2 Å². The molecule has 1 aromatic rings. The highest BCUT2D eigenvalue weighted by molar-refractivity contribution is 5.73. The first-order valence-corrected chi connectivity index (χ1v) is 5.23. The first-order valence-electron chi connectivity index (χ1n) is 5.23. The fourth-order valence-corrected chi connectivity index (χ4v) is 2.00. The number of carbonyl (C=O) groups excluding carboxylic acids is 1. The molecule has 0 aliphatic carbocycles. The van der Waals surface area contributed by atoms with Crippen molar-refractivity contribution in [1.82, 2.24) is 14.7 Å². The zero-order valence-electron chi connectivity index (χ0n) is 8.89.